The summed E-state index contributed by atoms with van der Waals surface area (Å²) in [6.45, 7) is 3.15. The highest BCUT2D eigenvalue weighted by Crippen LogP contribution is 2.19. The molecule has 0 saturated carbocycles. The fourth-order valence-electron chi connectivity index (χ4n) is 1.32. The Kier molecular flexibility index (Phi) is 1.60. The fraction of sp³-hybridized carbons (Fsp3) is 0.500. The van der Waals surface area contributed by atoms with Crippen molar-refractivity contribution in [3.63, 3.8) is 0 Å². The van der Waals surface area contributed by atoms with E-state index in [1.54, 1.807) is 18.0 Å². The van der Waals surface area contributed by atoms with E-state index in [-0.39, 0.29) is 5.91 Å². The molecule has 1 fully saturated rings. The minimum Gasteiger partial charge on any atom is -0.339 e. The number of nitrogens with zero attached hydrogens (tertiary/aromatic N) is 3. The molecule has 2 heterocycles. The summed E-state index contributed by atoms with van der Waals surface area (Å²) in [7, 11) is 0. The number of carbonyl (C=O) groups excluding carboxylic acids is 1. The summed E-state index contributed by atoms with van der Waals surface area (Å²) in [5, 5.41) is 4.06. The Hall–Kier alpha value is -1.32. The van der Waals surface area contributed by atoms with Gasteiger partial charge in [-0.15, -0.1) is 0 Å². The number of amides is 1. The monoisotopic (exact) mass is 164 g/mol. The Morgan fingerprint density at radius 2 is 2.42 bits per heavy atom. The zero-order chi connectivity index (χ0) is 8.55. The molecule has 4 nitrogen and oxygen atoms in total. The molecule has 1 aliphatic heterocycles. The van der Waals surface area contributed by atoms with Crippen molar-refractivity contribution in [2.24, 2.45) is 0 Å². The first-order valence-electron chi connectivity index (χ1n) is 3.93. The summed E-state index contributed by atoms with van der Waals surface area (Å²) < 4.78 is 1.85. The summed E-state index contributed by atoms with van der Waals surface area (Å²) >= 11 is 0. The lowest BCUT2D eigenvalue weighted by molar-refractivity contribution is -0.134. The van der Waals surface area contributed by atoms with Crippen molar-refractivity contribution >= 4 is 5.91 Å². The van der Waals surface area contributed by atoms with Gasteiger partial charge in [-0.2, -0.15) is 5.10 Å². The van der Waals surface area contributed by atoms with E-state index in [1.807, 2.05) is 10.9 Å². The third-order valence-electron chi connectivity index (χ3n) is 2.15. The summed E-state index contributed by atoms with van der Waals surface area (Å²) in [5.41, 5.74) is 0. The van der Waals surface area contributed by atoms with Gasteiger partial charge in [0.1, 0.15) is 0 Å². The smallest absolute Gasteiger partial charge is 0.219 e. The van der Waals surface area contributed by atoms with Crippen LogP contribution >= 0.6 is 0 Å². The number of hydrogen-bond acceptors (Lipinski definition) is 2. The highest BCUT2D eigenvalue weighted by Gasteiger charge is 2.29. The molecule has 4 heteroatoms. The second-order valence-corrected chi connectivity index (χ2v) is 3.00. The average molecular weight is 164 g/mol. The van der Waals surface area contributed by atoms with Gasteiger partial charge in [0.25, 0.3) is 0 Å². The molecule has 1 saturated heterocycles. The van der Waals surface area contributed by atoms with Crippen molar-refractivity contribution in [1.82, 2.24) is 14.7 Å². The molecule has 1 radical (unpaired) electrons. The molecule has 0 spiro atoms. The van der Waals surface area contributed by atoms with Crippen molar-refractivity contribution in [3.8, 4) is 0 Å². The predicted octanol–water partition coefficient (Wildman–Crippen LogP) is 0.0865. The minimum absolute atomic E-state index is 0.141. The summed E-state index contributed by atoms with van der Waals surface area (Å²) in [4.78, 5) is 12.6. The highest BCUT2D eigenvalue weighted by molar-refractivity contribution is 5.74. The zero-order valence-corrected chi connectivity index (χ0v) is 6.90. The molecular formula is C8H10N3O. The van der Waals surface area contributed by atoms with E-state index in [9.17, 15) is 4.79 Å². The Labute approximate surface area is 70.8 Å². The van der Waals surface area contributed by atoms with Crippen LogP contribution in [0.15, 0.2) is 12.4 Å². The Morgan fingerprint density at radius 1 is 1.67 bits per heavy atom. The minimum atomic E-state index is 0.141. The van der Waals surface area contributed by atoms with Crippen LogP contribution in [0.5, 0.6) is 0 Å². The van der Waals surface area contributed by atoms with Crippen LogP contribution in [0, 0.1) is 6.07 Å². The first-order valence-corrected chi connectivity index (χ1v) is 3.93. The van der Waals surface area contributed by atoms with E-state index in [2.05, 4.69) is 11.2 Å². The van der Waals surface area contributed by atoms with E-state index in [4.69, 9.17) is 0 Å². The average Bonchev–Trinajstić information content (AvgIpc) is 2.34. The topological polar surface area (TPSA) is 38.1 Å². The third kappa shape index (κ3) is 1.09. The maximum absolute atomic E-state index is 10.8. The molecule has 1 aromatic rings. The predicted molar refractivity (Wildman–Crippen MR) is 42.4 cm³/mol. The van der Waals surface area contributed by atoms with Crippen LogP contribution in [0.4, 0.5) is 0 Å². The highest BCUT2D eigenvalue weighted by atomic mass is 16.2. The van der Waals surface area contributed by atoms with Crippen LogP contribution in [0.2, 0.25) is 0 Å². The van der Waals surface area contributed by atoms with Gasteiger partial charge in [0, 0.05) is 32.3 Å². The Balaban J connectivity index is 1.94. The van der Waals surface area contributed by atoms with E-state index < -0.39 is 0 Å². The first-order chi connectivity index (χ1) is 5.77. The largest absolute Gasteiger partial charge is 0.339 e. The van der Waals surface area contributed by atoms with Gasteiger partial charge in [-0.1, -0.05) is 0 Å². The zero-order valence-electron chi connectivity index (χ0n) is 6.90. The van der Waals surface area contributed by atoms with Crippen LogP contribution in [-0.2, 0) is 4.79 Å². The number of likely N-dealkylation sites (tertiary alicyclic amines) is 1. The van der Waals surface area contributed by atoms with Crippen LogP contribution in [-0.4, -0.2) is 33.7 Å². The van der Waals surface area contributed by atoms with Crippen molar-refractivity contribution in [2.75, 3.05) is 13.1 Å². The van der Waals surface area contributed by atoms with E-state index >= 15 is 0 Å². The number of rotatable bonds is 1. The standard InChI is InChI=1S/C8H10N3O/c1-7(12)10-5-8(6-10)11-4-2-3-9-11/h3-4,8H,5-6H2,1H3. The van der Waals surface area contributed by atoms with E-state index in [0.717, 1.165) is 13.1 Å². The maximum atomic E-state index is 10.8. The molecular weight excluding hydrogens is 154 g/mol. The number of hydrogen-bond donors (Lipinski definition) is 0. The molecule has 63 valence electrons. The molecule has 0 bridgehead atoms. The van der Waals surface area contributed by atoms with Gasteiger partial charge in [-0.05, 0) is 0 Å². The van der Waals surface area contributed by atoms with Gasteiger partial charge in [0.2, 0.25) is 5.91 Å². The molecule has 12 heavy (non-hydrogen) atoms. The maximum Gasteiger partial charge on any atom is 0.219 e. The molecule has 1 amide bonds. The molecule has 2 rings (SSSR count). The van der Waals surface area contributed by atoms with Crippen LogP contribution in [0.3, 0.4) is 0 Å². The van der Waals surface area contributed by atoms with Crippen LogP contribution in [0.1, 0.15) is 13.0 Å². The molecule has 1 aromatic heterocycles. The lowest BCUT2D eigenvalue weighted by Crippen LogP contribution is -2.49. The summed E-state index contributed by atoms with van der Waals surface area (Å²) in [6, 6.07) is 3.23. The SMILES string of the molecule is CC(=O)N1CC(n2c[c]cn2)C1. The lowest BCUT2D eigenvalue weighted by atomic mass is 10.1. The fourth-order valence-corrected chi connectivity index (χ4v) is 1.32. The Morgan fingerprint density at radius 3 is 2.92 bits per heavy atom. The molecule has 1 aliphatic rings. The van der Waals surface area contributed by atoms with Crippen molar-refractivity contribution in [3.05, 3.63) is 18.5 Å². The Bertz CT molecular complexity index is 275. The summed E-state index contributed by atoms with van der Waals surface area (Å²) in [5.74, 6) is 0.141. The van der Waals surface area contributed by atoms with Crippen molar-refractivity contribution in [1.29, 1.82) is 0 Å². The van der Waals surface area contributed by atoms with Crippen LogP contribution in [0.25, 0.3) is 0 Å². The molecule has 0 unspecified atom stereocenters. The number of aromatic nitrogens is 2. The second kappa shape index (κ2) is 2.62. The van der Waals surface area contributed by atoms with Crippen molar-refractivity contribution < 1.29 is 4.79 Å². The molecule has 0 aromatic carbocycles. The van der Waals surface area contributed by atoms with Crippen LogP contribution < -0.4 is 0 Å². The molecule has 0 atom stereocenters. The van der Waals surface area contributed by atoms with Gasteiger partial charge in [-0.3, -0.25) is 9.48 Å². The van der Waals surface area contributed by atoms with Gasteiger partial charge in [-0.25, -0.2) is 0 Å². The first kappa shape index (κ1) is 7.34. The van der Waals surface area contributed by atoms with E-state index in [1.165, 1.54) is 0 Å². The molecule has 0 aliphatic carbocycles. The van der Waals surface area contributed by atoms with Crippen molar-refractivity contribution in [2.45, 2.75) is 13.0 Å². The third-order valence-corrected chi connectivity index (χ3v) is 2.15. The second-order valence-electron chi connectivity index (χ2n) is 3.00. The van der Waals surface area contributed by atoms with Gasteiger partial charge < -0.3 is 4.90 Å². The molecule has 0 N–H and O–H groups in total. The quantitative estimate of drug-likeness (QED) is 0.589. The van der Waals surface area contributed by atoms with Gasteiger partial charge in [0.05, 0.1) is 12.2 Å². The number of carbonyl (C=O) groups is 1. The summed E-state index contributed by atoms with van der Waals surface area (Å²) in [6.07, 6.45) is 3.44. The normalized spacial score (nSPS) is 17.6. The van der Waals surface area contributed by atoms with E-state index in [0.29, 0.717) is 6.04 Å². The lowest BCUT2D eigenvalue weighted by Gasteiger charge is -2.38. The van der Waals surface area contributed by atoms with Gasteiger partial charge >= 0.3 is 0 Å². The van der Waals surface area contributed by atoms with Gasteiger partial charge in [0.15, 0.2) is 0 Å².